The summed E-state index contributed by atoms with van der Waals surface area (Å²) in [5.74, 6) is -0.242. The number of benzene rings is 1. The zero-order valence-electron chi connectivity index (χ0n) is 11.6. The van der Waals surface area contributed by atoms with Gasteiger partial charge in [0.1, 0.15) is 0 Å². The predicted molar refractivity (Wildman–Crippen MR) is 73.7 cm³/mol. The molecule has 0 bridgehead atoms. The van der Waals surface area contributed by atoms with Crippen molar-refractivity contribution in [3.8, 4) is 11.5 Å². The van der Waals surface area contributed by atoms with Crippen molar-refractivity contribution < 1.29 is 24.2 Å². The van der Waals surface area contributed by atoms with Crippen molar-refractivity contribution >= 4 is 11.9 Å². The van der Waals surface area contributed by atoms with Gasteiger partial charge in [-0.05, 0) is 24.6 Å². The second kappa shape index (κ2) is 5.63. The Labute approximate surface area is 122 Å². The number of likely N-dealkylation sites (tertiary alicyclic amines) is 1. The zero-order chi connectivity index (χ0) is 14.8. The molecule has 1 amide bonds. The molecule has 1 aromatic carbocycles. The SMILES string of the molecule is O=C(O)C1CCN(C(=O)c2ccc3c(c2)OCCCO3)C1. The van der Waals surface area contributed by atoms with Crippen LogP contribution in [-0.4, -0.2) is 48.2 Å². The summed E-state index contributed by atoms with van der Waals surface area (Å²) in [5, 5.41) is 9.00. The number of nitrogens with zero attached hydrogens (tertiary/aromatic N) is 1. The Morgan fingerprint density at radius 1 is 1.19 bits per heavy atom. The van der Waals surface area contributed by atoms with Crippen LogP contribution in [0.4, 0.5) is 0 Å². The van der Waals surface area contributed by atoms with Crippen molar-refractivity contribution in [2.45, 2.75) is 12.8 Å². The van der Waals surface area contributed by atoms with E-state index in [0.29, 0.717) is 43.2 Å². The highest BCUT2D eigenvalue weighted by molar-refractivity contribution is 5.95. The molecular formula is C15H17NO5. The molecule has 1 unspecified atom stereocenters. The van der Waals surface area contributed by atoms with Crippen LogP contribution in [0.25, 0.3) is 0 Å². The van der Waals surface area contributed by atoms with Crippen LogP contribution in [0.15, 0.2) is 18.2 Å². The third kappa shape index (κ3) is 2.79. The van der Waals surface area contributed by atoms with Gasteiger partial charge in [0.25, 0.3) is 5.91 Å². The molecule has 2 aliphatic rings. The van der Waals surface area contributed by atoms with E-state index in [2.05, 4.69) is 0 Å². The van der Waals surface area contributed by atoms with Crippen LogP contribution in [0.2, 0.25) is 0 Å². The van der Waals surface area contributed by atoms with Gasteiger partial charge in [0.2, 0.25) is 0 Å². The fraction of sp³-hybridized carbons (Fsp3) is 0.467. The maximum Gasteiger partial charge on any atom is 0.308 e. The maximum atomic E-state index is 12.4. The number of hydrogen-bond acceptors (Lipinski definition) is 4. The first-order valence-corrected chi connectivity index (χ1v) is 7.07. The lowest BCUT2D eigenvalue weighted by atomic mass is 10.1. The molecule has 2 aliphatic heterocycles. The van der Waals surface area contributed by atoms with E-state index in [1.165, 1.54) is 0 Å². The van der Waals surface area contributed by atoms with E-state index < -0.39 is 11.9 Å². The molecule has 0 aliphatic carbocycles. The van der Waals surface area contributed by atoms with E-state index >= 15 is 0 Å². The number of carbonyl (C=O) groups excluding carboxylic acids is 1. The number of carbonyl (C=O) groups is 2. The van der Waals surface area contributed by atoms with Crippen molar-refractivity contribution in [2.24, 2.45) is 5.92 Å². The molecule has 1 saturated heterocycles. The number of fused-ring (bicyclic) bond motifs is 1. The molecule has 2 heterocycles. The quantitative estimate of drug-likeness (QED) is 0.891. The van der Waals surface area contributed by atoms with E-state index in [4.69, 9.17) is 14.6 Å². The fourth-order valence-electron chi connectivity index (χ4n) is 2.63. The average Bonchev–Trinajstić information content (AvgIpc) is 2.86. The summed E-state index contributed by atoms with van der Waals surface area (Å²) in [4.78, 5) is 25.0. The molecule has 6 nitrogen and oxygen atoms in total. The van der Waals surface area contributed by atoms with Crippen LogP contribution >= 0.6 is 0 Å². The van der Waals surface area contributed by atoms with Crippen LogP contribution in [0.1, 0.15) is 23.2 Å². The van der Waals surface area contributed by atoms with Gasteiger partial charge in [-0.3, -0.25) is 9.59 Å². The van der Waals surface area contributed by atoms with Crippen molar-refractivity contribution in [1.29, 1.82) is 0 Å². The Morgan fingerprint density at radius 3 is 2.67 bits per heavy atom. The number of rotatable bonds is 2. The smallest absolute Gasteiger partial charge is 0.308 e. The van der Waals surface area contributed by atoms with Crippen molar-refractivity contribution in [2.75, 3.05) is 26.3 Å². The number of ether oxygens (including phenoxy) is 2. The summed E-state index contributed by atoms with van der Waals surface area (Å²) in [6.45, 7) is 1.91. The van der Waals surface area contributed by atoms with Crippen LogP contribution in [0.3, 0.4) is 0 Å². The normalized spacial score (nSPS) is 21.0. The Balaban J connectivity index is 1.76. The highest BCUT2D eigenvalue weighted by Crippen LogP contribution is 2.31. The number of carboxylic acid groups (broad SMARTS) is 1. The third-order valence-electron chi connectivity index (χ3n) is 3.82. The number of carboxylic acids is 1. The first-order chi connectivity index (χ1) is 10.1. The summed E-state index contributed by atoms with van der Waals surface area (Å²) in [6.07, 6.45) is 1.32. The van der Waals surface area contributed by atoms with Gasteiger partial charge >= 0.3 is 5.97 Å². The molecule has 1 aromatic rings. The van der Waals surface area contributed by atoms with Crippen molar-refractivity contribution in [3.05, 3.63) is 23.8 Å². The molecule has 1 atom stereocenters. The molecular weight excluding hydrogens is 274 g/mol. The molecule has 21 heavy (non-hydrogen) atoms. The second-order valence-corrected chi connectivity index (χ2v) is 5.29. The number of amides is 1. The van der Waals surface area contributed by atoms with Gasteiger partial charge < -0.3 is 19.5 Å². The summed E-state index contributed by atoms with van der Waals surface area (Å²) >= 11 is 0. The molecule has 3 rings (SSSR count). The van der Waals surface area contributed by atoms with Crippen LogP contribution < -0.4 is 9.47 Å². The van der Waals surface area contributed by atoms with E-state index in [1.807, 2.05) is 0 Å². The monoisotopic (exact) mass is 291 g/mol. The minimum Gasteiger partial charge on any atom is -0.490 e. The summed E-state index contributed by atoms with van der Waals surface area (Å²) in [6, 6.07) is 5.11. The average molecular weight is 291 g/mol. The second-order valence-electron chi connectivity index (χ2n) is 5.29. The first-order valence-electron chi connectivity index (χ1n) is 7.07. The molecule has 0 aromatic heterocycles. The molecule has 0 saturated carbocycles. The summed E-state index contributed by atoms with van der Waals surface area (Å²) < 4.78 is 11.1. The van der Waals surface area contributed by atoms with Crippen molar-refractivity contribution in [1.82, 2.24) is 4.90 Å². The van der Waals surface area contributed by atoms with Crippen LogP contribution in [-0.2, 0) is 4.79 Å². The zero-order valence-corrected chi connectivity index (χ0v) is 11.6. The predicted octanol–water partition coefficient (Wildman–Crippen LogP) is 1.39. The first kappa shape index (κ1) is 13.7. The third-order valence-corrected chi connectivity index (χ3v) is 3.82. The van der Waals surface area contributed by atoms with Gasteiger partial charge in [-0.2, -0.15) is 0 Å². The largest absolute Gasteiger partial charge is 0.490 e. The fourth-order valence-corrected chi connectivity index (χ4v) is 2.63. The van der Waals surface area contributed by atoms with Crippen LogP contribution in [0.5, 0.6) is 11.5 Å². The van der Waals surface area contributed by atoms with Gasteiger partial charge in [0.05, 0.1) is 19.1 Å². The minimum atomic E-state index is -0.844. The minimum absolute atomic E-state index is 0.158. The molecule has 0 spiro atoms. The summed E-state index contributed by atoms with van der Waals surface area (Å²) in [7, 11) is 0. The Hall–Kier alpha value is -2.24. The molecule has 6 heteroatoms. The van der Waals surface area contributed by atoms with E-state index in [-0.39, 0.29) is 12.5 Å². The van der Waals surface area contributed by atoms with Gasteiger partial charge in [0, 0.05) is 25.1 Å². The molecule has 1 N–H and O–H groups in total. The highest BCUT2D eigenvalue weighted by Gasteiger charge is 2.31. The lowest BCUT2D eigenvalue weighted by Gasteiger charge is -2.17. The summed E-state index contributed by atoms with van der Waals surface area (Å²) in [5.41, 5.74) is 0.505. The Morgan fingerprint density at radius 2 is 1.95 bits per heavy atom. The molecule has 0 radical (unpaired) electrons. The Kier molecular flexibility index (Phi) is 3.68. The molecule has 112 valence electrons. The van der Waals surface area contributed by atoms with E-state index in [0.717, 1.165) is 6.42 Å². The van der Waals surface area contributed by atoms with Crippen molar-refractivity contribution in [3.63, 3.8) is 0 Å². The molecule has 1 fully saturated rings. The van der Waals surface area contributed by atoms with E-state index in [1.54, 1.807) is 23.1 Å². The van der Waals surface area contributed by atoms with Gasteiger partial charge in [-0.15, -0.1) is 0 Å². The Bertz CT molecular complexity index is 571. The van der Waals surface area contributed by atoms with Gasteiger partial charge in [0.15, 0.2) is 11.5 Å². The topological polar surface area (TPSA) is 76.1 Å². The van der Waals surface area contributed by atoms with E-state index in [9.17, 15) is 9.59 Å². The number of aliphatic carboxylic acids is 1. The number of hydrogen-bond donors (Lipinski definition) is 1. The standard InChI is InChI=1S/C15H17NO5/c17-14(16-5-4-11(9-16)15(18)19)10-2-3-12-13(8-10)21-7-1-6-20-12/h2-3,8,11H,1,4-7,9H2,(H,18,19). The maximum absolute atomic E-state index is 12.4. The van der Waals surface area contributed by atoms with Crippen LogP contribution in [0, 0.1) is 5.92 Å². The van der Waals surface area contributed by atoms with Gasteiger partial charge in [-0.1, -0.05) is 0 Å². The lowest BCUT2D eigenvalue weighted by Crippen LogP contribution is -2.29. The lowest BCUT2D eigenvalue weighted by molar-refractivity contribution is -0.141. The highest BCUT2D eigenvalue weighted by atomic mass is 16.5. The van der Waals surface area contributed by atoms with Gasteiger partial charge in [-0.25, -0.2) is 0 Å².